The highest BCUT2D eigenvalue weighted by Crippen LogP contribution is 2.33. The molecule has 32 heavy (non-hydrogen) atoms. The van der Waals surface area contributed by atoms with E-state index >= 15 is 0 Å². The Labute approximate surface area is 190 Å². The molecule has 0 aromatic heterocycles. The standard InChI is InChI=1S/C27H27NO3S/c1-19-9-15-24(16-10-19)32(29,30)31-23-14-12-20-17-22(13-11-21(20)18-23)28-26-8-6-5-7-25(26)27(2,3)4/h5-18,28H,1-4H3. The molecule has 0 aliphatic heterocycles. The lowest BCUT2D eigenvalue weighted by atomic mass is 9.86. The summed E-state index contributed by atoms with van der Waals surface area (Å²) >= 11 is 0. The molecule has 0 unspecified atom stereocenters. The Kier molecular flexibility index (Phi) is 5.70. The van der Waals surface area contributed by atoms with E-state index in [1.165, 1.54) is 5.56 Å². The van der Waals surface area contributed by atoms with Crippen LogP contribution in [0.15, 0.2) is 89.8 Å². The van der Waals surface area contributed by atoms with Crippen molar-refractivity contribution in [3.63, 3.8) is 0 Å². The van der Waals surface area contributed by atoms with Crippen LogP contribution < -0.4 is 9.50 Å². The molecule has 0 fully saturated rings. The average molecular weight is 446 g/mol. The van der Waals surface area contributed by atoms with E-state index in [1.54, 1.807) is 36.4 Å². The lowest BCUT2D eigenvalue weighted by molar-refractivity contribution is 0.486. The first-order valence-corrected chi connectivity index (χ1v) is 11.9. The van der Waals surface area contributed by atoms with Gasteiger partial charge in [-0.05, 0) is 71.1 Å². The summed E-state index contributed by atoms with van der Waals surface area (Å²) in [6.45, 7) is 8.49. The Morgan fingerprint density at radius 3 is 2.16 bits per heavy atom. The van der Waals surface area contributed by atoms with E-state index < -0.39 is 10.1 Å². The summed E-state index contributed by atoms with van der Waals surface area (Å²) in [6.07, 6.45) is 0. The lowest BCUT2D eigenvalue weighted by Crippen LogP contribution is -2.13. The predicted molar refractivity (Wildman–Crippen MR) is 131 cm³/mol. The number of para-hydroxylation sites is 1. The molecule has 1 N–H and O–H groups in total. The molecule has 164 valence electrons. The van der Waals surface area contributed by atoms with Gasteiger partial charge in [0.05, 0.1) is 0 Å². The van der Waals surface area contributed by atoms with Gasteiger partial charge in [-0.3, -0.25) is 0 Å². The summed E-state index contributed by atoms with van der Waals surface area (Å²) in [6, 6.07) is 26.2. The van der Waals surface area contributed by atoms with E-state index in [0.29, 0.717) is 0 Å². The van der Waals surface area contributed by atoms with Crippen LogP contribution in [0.5, 0.6) is 5.75 Å². The first-order valence-electron chi connectivity index (χ1n) is 10.5. The fourth-order valence-electron chi connectivity index (χ4n) is 3.63. The summed E-state index contributed by atoms with van der Waals surface area (Å²) in [5, 5.41) is 5.41. The molecule has 0 aliphatic rings. The van der Waals surface area contributed by atoms with Crippen LogP contribution in [-0.4, -0.2) is 8.42 Å². The van der Waals surface area contributed by atoms with Crippen molar-refractivity contribution in [2.75, 3.05) is 5.32 Å². The van der Waals surface area contributed by atoms with Gasteiger partial charge in [0.1, 0.15) is 10.6 Å². The zero-order chi connectivity index (χ0) is 22.9. The summed E-state index contributed by atoms with van der Waals surface area (Å²) in [5.41, 5.74) is 4.29. The molecule has 5 heteroatoms. The van der Waals surface area contributed by atoms with Crippen LogP contribution in [0.3, 0.4) is 0 Å². The van der Waals surface area contributed by atoms with E-state index in [0.717, 1.165) is 27.7 Å². The Morgan fingerprint density at radius 2 is 1.44 bits per heavy atom. The zero-order valence-corrected chi connectivity index (χ0v) is 19.5. The van der Waals surface area contributed by atoms with Crippen molar-refractivity contribution < 1.29 is 12.6 Å². The average Bonchev–Trinajstić information content (AvgIpc) is 2.73. The molecule has 0 aliphatic carbocycles. The molecule has 0 atom stereocenters. The summed E-state index contributed by atoms with van der Waals surface area (Å²) in [7, 11) is -3.88. The van der Waals surface area contributed by atoms with Crippen molar-refractivity contribution in [3.05, 3.63) is 96.1 Å². The van der Waals surface area contributed by atoms with E-state index in [4.69, 9.17) is 4.18 Å². The fourth-order valence-corrected chi connectivity index (χ4v) is 4.56. The minimum Gasteiger partial charge on any atom is -0.379 e. The second kappa shape index (κ2) is 8.32. The topological polar surface area (TPSA) is 55.4 Å². The van der Waals surface area contributed by atoms with Gasteiger partial charge < -0.3 is 9.50 Å². The molecule has 4 rings (SSSR count). The molecule has 0 heterocycles. The van der Waals surface area contributed by atoms with Crippen molar-refractivity contribution in [2.45, 2.75) is 38.0 Å². The lowest BCUT2D eigenvalue weighted by Gasteiger charge is -2.23. The van der Waals surface area contributed by atoms with Crippen molar-refractivity contribution >= 4 is 32.3 Å². The minimum absolute atomic E-state index is 0.0234. The molecule has 0 bridgehead atoms. The van der Waals surface area contributed by atoms with Crippen LogP contribution in [0.2, 0.25) is 0 Å². The van der Waals surface area contributed by atoms with E-state index in [-0.39, 0.29) is 16.1 Å². The maximum atomic E-state index is 12.6. The van der Waals surface area contributed by atoms with Gasteiger partial charge in [0, 0.05) is 11.4 Å². The van der Waals surface area contributed by atoms with Crippen molar-refractivity contribution in [1.29, 1.82) is 0 Å². The monoisotopic (exact) mass is 445 g/mol. The van der Waals surface area contributed by atoms with Gasteiger partial charge in [0.25, 0.3) is 0 Å². The molecular weight excluding hydrogens is 418 g/mol. The van der Waals surface area contributed by atoms with Crippen LogP contribution >= 0.6 is 0 Å². The van der Waals surface area contributed by atoms with E-state index in [2.05, 4.69) is 44.3 Å². The van der Waals surface area contributed by atoms with Gasteiger partial charge in [-0.2, -0.15) is 8.42 Å². The van der Waals surface area contributed by atoms with Gasteiger partial charge in [0.15, 0.2) is 0 Å². The number of aryl methyl sites for hydroxylation is 1. The summed E-state index contributed by atoms with van der Waals surface area (Å²) in [4.78, 5) is 0.139. The van der Waals surface area contributed by atoms with E-state index in [9.17, 15) is 8.42 Å². The van der Waals surface area contributed by atoms with Gasteiger partial charge in [0.2, 0.25) is 0 Å². The number of hydrogen-bond donors (Lipinski definition) is 1. The van der Waals surface area contributed by atoms with Crippen molar-refractivity contribution in [3.8, 4) is 5.75 Å². The Morgan fingerprint density at radius 1 is 0.781 bits per heavy atom. The highest BCUT2D eigenvalue weighted by atomic mass is 32.2. The zero-order valence-electron chi connectivity index (χ0n) is 18.7. The summed E-state index contributed by atoms with van der Waals surface area (Å²) in [5.74, 6) is 0.289. The molecule has 0 spiro atoms. The molecule has 4 nitrogen and oxygen atoms in total. The smallest absolute Gasteiger partial charge is 0.339 e. The van der Waals surface area contributed by atoms with Crippen LogP contribution in [-0.2, 0) is 15.5 Å². The van der Waals surface area contributed by atoms with Crippen LogP contribution in [0.4, 0.5) is 11.4 Å². The number of rotatable bonds is 5. The molecule has 4 aromatic carbocycles. The predicted octanol–water partition coefficient (Wildman–Crippen LogP) is 6.96. The first kappa shape index (κ1) is 21.9. The SMILES string of the molecule is Cc1ccc(S(=O)(=O)Oc2ccc3cc(Nc4ccccc4C(C)(C)C)ccc3c2)cc1. The largest absolute Gasteiger partial charge is 0.379 e. The molecule has 0 radical (unpaired) electrons. The third-order valence-electron chi connectivity index (χ3n) is 5.34. The van der Waals surface area contributed by atoms with Crippen LogP contribution in [0, 0.1) is 6.92 Å². The maximum absolute atomic E-state index is 12.6. The van der Waals surface area contributed by atoms with Crippen molar-refractivity contribution in [2.24, 2.45) is 0 Å². The third-order valence-corrected chi connectivity index (χ3v) is 6.60. The molecular formula is C27H27NO3S. The van der Waals surface area contributed by atoms with Gasteiger partial charge in [-0.15, -0.1) is 0 Å². The third kappa shape index (κ3) is 4.78. The Bertz CT molecular complexity index is 1370. The molecule has 0 saturated heterocycles. The molecule has 4 aromatic rings. The quantitative estimate of drug-likeness (QED) is 0.338. The Balaban J connectivity index is 1.59. The first-order chi connectivity index (χ1) is 15.1. The number of benzene rings is 4. The normalized spacial score (nSPS) is 12.0. The van der Waals surface area contributed by atoms with Crippen molar-refractivity contribution in [1.82, 2.24) is 0 Å². The number of anilines is 2. The van der Waals surface area contributed by atoms with Gasteiger partial charge in [-0.1, -0.05) is 68.8 Å². The van der Waals surface area contributed by atoms with Crippen LogP contribution in [0.1, 0.15) is 31.9 Å². The van der Waals surface area contributed by atoms with Gasteiger partial charge >= 0.3 is 10.1 Å². The maximum Gasteiger partial charge on any atom is 0.339 e. The van der Waals surface area contributed by atoms with E-state index in [1.807, 2.05) is 37.3 Å². The Hall–Kier alpha value is -3.31. The van der Waals surface area contributed by atoms with Crippen LogP contribution in [0.25, 0.3) is 10.8 Å². The molecule has 0 amide bonds. The number of hydrogen-bond acceptors (Lipinski definition) is 4. The second-order valence-electron chi connectivity index (χ2n) is 8.99. The minimum atomic E-state index is -3.88. The number of fused-ring (bicyclic) bond motifs is 1. The fraction of sp³-hybridized carbons (Fsp3) is 0.185. The molecule has 0 saturated carbocycles. The highest BCUT2D eigenvalue weighted by molar-refractivity contribution is 7.87. The second-order valence-corrected chi connectivity index (χ2v) is 10.5. The van der Waals surface area contributed by atoms with Gasteiger partial charge in [-0.25, -0.2) is 0 Å². The highest BCUT2D eigenvalue weighted by Gasteiger charge is 2.18. The summed E-state index contributed by atoms with van der Waals surface area (Å²) < 4.78 is 30.5. The number of nitrogens with one attached hydrogen (secondary N) is 1.